The quantitative estimate of drug-likeness (QED) is 0.0429. The fourth-order valence-electron chi connectivity index (χ4n) is 6.07. The molecule has 1 saturated heterocycles. The minimum absolute atomic E-state index is 0.102. The summed E-state index contributed by atoms with van der Waals surface area (Å²) in [5, 5.41) is 31.0. The lowest BCUT2D eigenvalue weighted by Gasteiger charge is -2.39. The first-order valence-corrected chi connectivity index (χ1v) is 17.1. The summed E-state index contributed by atoms with van der Waals surface area (Å²) < 4.78 is 0. The Labute approximate surface area is 297 Å². The normalized spacial score (nSPS) is 14.1. The lowest BCUT2D eigenvalue weighted by atomic mass is 9.80. The summed E-state index contributed by atoms with van der Waals surface area (Å²) in [5.74, 6) is -0.735. The second kappa shape index (κ2) is 17.4. The summed E-state index contributed by atoms with van der Waals surface area (Å²) in [6, 6.07) is 20.2. The molecule has 14 heteroatoms. The molecule has 3 aromatic carbocycles. The van der Waals surface area contributed by atoms with Gasteiger partial charge in [-0.3, -0.25) is 14.4 Å². The molecule has 0 radical (unpaired) electrons. The first kappa shape index (κ1) is 36.7. The maximum Gasteiger partial charge on any atom is 0.488 e. The van der Waals surface area contributed by atoms with Crippen molar-refractivity contribution in [2.75, 3.05) is 43.4 Å². The zero-order valence-electron chi connectivity index (χ0n) is 28.7. The Kier molecular flexibility index (Phi) is 12.5. The van der Waals surface area contributed by atoms with Crippen molar-refractivity contribution >= 4 is 58.5 Å². The van der Waals surface area contributed by atoms with E-state index in [1.54, 1.807) is 59.5 Å². The number of piperazine rings is 1. The van der Waals surface area contributed by atoms with Crippen molar-refractivity contribution in [3.05, 3.63) is 103 Å². The monoisotopic (exact) mass is 693 g/mol. The van der Waals surface area contributed by atoms with Crippen molar-refractivity contribution in [2.45, 2.75) is 38.6 Å². The van der Waals surface area contributed by atoms with Crippen LogP contribution in [0.15, 0.2) is 91.4 Å². The molecule has 2 heterocycles. The molecular weight excluding hydrogens is 649 g/mol. The zero-order valence-corrected chi connectivity index (χ0v) is 28.7. The molecule has 4 amide bonds. The van der Waals surface area contributed by atoms with Crippen LogP contribution in [0.2, 0.25) is 0 Å². The van der Waals surface area contributed by atoms with Crippen molar-refractivity contribution in [3.8, 4) is 0 Å². The number of nitrogens with one attached hydrogen (secondary N) is 5. The summed E-state index contributed by atoms with van der Waals surface area (Å²) in [5.41, 5.74) is 3.03. The molecule has 13 nitrogen and oxygen atoms in total. The van der Waals surface area contributed by atoms with Crippen molar-refractivity contribution in [1.29, 1.82) is 0 Å². The van der Waals surface area contributed by atoms with E-state index in [4.69, 9.17) is 0 Å². The van der Waals surface area contributed by atoms with Crippen LogP contribution < -0.4 is 26.7 Å². The summed E-state index contributed by atoms with van der Waals surface area (Å²) in [4.78, 5) is 58.7. The second-order valence-electron chi connectivity index (χ2n) is 12.5. The highest BCUT2D eigenvalue weighted by Gasteiger charge is 2.34. The Morgan fingerprint density at radius 1 is 0.863 bits per heavy atom. The van der Waals surface area contributed by atoms with Gasteiger partial charge in [0.2, 0.25) is 0 Å². The molecule has 1 aliphatic rings. The van der Waals surface area contributed by atoms with Gasteiger partial charge in [0.05, 0.1) is 22.6 Å². The number of carbonyl (C=O) groups is 4. The number of unbranched alkanes of at least 4 members (excludes halogenated alkanes) is 3. The van der Waals surface area contributed by atoms with Gasteiger partial charge in [0.25, 0.3) is 17.6 Å². The van der Waals surface area contributed by atoms with Crippen LogP contribution in [0.4, 0.5) is 16.2 Å². The van der Waals surface area contributed by atoms with Gasteiger partial charge in [-0.05, 0) is 55.6 Å². The van der Waals surface area contributed by atoms with Gasteiger partial charge in [0, 0.05) is 61.6 Å². The maximum absolute atomic E-state index is 13.4. The number of aromatic amines is 1. The molecule has 0 spiro atoms. The first-order chi connectivity index (χ1) is 24.6. The number of hydrogen-bond donors (Lipinski definition) is 7. The molecule has 1 aliphatic heterocycles. The van der Waals surface area contributed by atoms with E-state index in [1.165, 1.54) is 11.1 Å². The summed E-state index contributed by atoms with van der Waals surface area (Å²) in [6.45, 7) is 7.92. The number of carbonyl (C=O) groups excluding carboxylic acids is 4. The highest BCUT2D eigenvalue weighted by molar-refractivity contribution is 6.58. The number of anilines is 2. The van der Waals surface area contributed by atoms with E-state index in [9.17, 15) is 29.2 Å². The third-order valence-electron chi connectivity index (χ3n) is 8.83. The number of hydrogen-bond acceptors (Lipinski definition) is 8. The molecule has 0 saturated carbocycles. The van der Waals surface area contributed by atoms with Gasteiger partial charge < -0.3 is 46.1 Å². The standard InChI is InChI=1S/C37H44BN7O6/c1-25-24-44(35(47)27-11-6-5-7-12-27)21-22-45(25)36(48)34(46)31-23-41-33-30(31)13-10-14-32(33)43-37(49)40-20-9-4-3-8-19-39-26(2)42-29-17-15-28(16-18-29)38(50)51/h5-7,10-18,23,25,39,41-42,50-51H,2-4,8-9,19-22,24H2,1H3,(H2,40,43,49)/t25-/m1/s1. The number of ketones is 1. The molecule has 1 fully saturated rings. The minimum atomic E-state index is -1.50. The van der Waals surface area contributed by atoms with Crippen LogP contribution in [0, 0.1) is 0 Å². The minimum Gasteiger partial charge on any atom is -0.423 e. The molecule has 7 N–H and O–H groups in total. The van der Waals surface area contributed by atoms with E-state index >= 15 is 0 Å². The average molecular weight is 694 g/mol. The van der Waals surface area contributed by atoms with E-state index < -0.39 is 18.8 Å². The Morgan fingerprint density at radius 3 is 2.25 bits per heavy atom. The number of nitrogens with zero attached hydrogens (tertiary/aromatic N) is 2. The van der Waals surface area contributed by atoms with Crippen molar-refractivity contribution in [3.63, 3.8) is 0 Å². The number of Topliss-reactive ketones (excluding diaryl/α,β-unsaturated/α-hetero) is 1. The highest BCUT2D eigenvalue weighted by Crippen LogP contribution is 2.27. The lowest BCUT2D eigenvalue weighted by Crippen LogP contribution is -2.56. The molecule has 0 bridgehead atoms. The van der Waals surface area contributed by atoms with Crippen LogP contribution in [0.3, 0.4) is 0 Å². The molecule has 5 rings (SSSR count). The van der Waals surface area contributed by atoms with Gasteiger partial charge in [-0.2, -0.15) is 0 Å². The first-order valence-electron chi connectivity index (χ1n) is 17.1. The number of H-pyrrole nitrogens is 1. The number of aromatic nitrogens is 1. The average Bonchev–Trinajstić information content (AvgIpc) is 3.57. The predicted octanol–water partition coefficient (Wildman–Crippen LogP) is 3.26. The smallest absolute Gasteiger partial charge is 0.423 e. The molecule has 4 aromatic rings. The predicted molar refractivity (Wildman–Crippen MR) is 199 cm³/mol. The van der Waals surface area contributed by atoms with Gasteiger partial charge >= 0.3 is 13.1 Å². The zero-order chi connectivity index (χ0) is 36.3. The van der Waals surface area contributed by atoms with E-state index in [0.717, 1.165) is 37.9 Å². The molecule has 1 atom stereocenters. The Hall–Kier alpha value is -5.60. The van der Waals surface area contributed by atoms with Crippen LogP contribution in [-0.2, 0) is 4.79 Å². The third-order valence-corrected chi connectivity index (χ3v) is 8.83. The number of benzene rings is 3. The van der Waals surface area contributed by atoms with Crippen LogP contribution in [-0.4, -0.2) is 94.3 Å². The molecule has 0 unspecified atom stereocenters. The maximum atomic E-state index is 13.4. The van der Waals surface area contributed by atoms with Crippen LogP contribution in [0.25, 0.3) is 10.9 Å². The van der Waals surface area contributed by atoms with Gasteiger partial charge in [-0.25, -0.2) is 4.79 Å². The number of urea groups is 1. The molecule has 51 heavy (non-hydrogen) atoms. The number of amides is 4. The van der Waals surface area contributed by atoms with Gasteiger partial charge in [-0.15, -0.1) is 0 Å². The van der Waals surface area contributed by atoms with Crippen LogP contribution in [0.1, 0.15) is 53.3 Å². The molecule has 266 valence electrons. The number of para-hydroxylation sites is 1. The summed E-state index contributed by atoms with van der Waals surface area (Å²) in [7, 11) is -1.50. The van der Waals surface area contributed by atoms with Gasteiger partial charge in [0.15, 0.2) is 0 Å². The van der Waals surface area contributed by atoms with E-state index in [0.29, 0.717) is 53.1 Å². The Bertz CT molecular complexity index is 1850. The molecular formula is C37H44BN7O6. The van der Waals surface area contributed by atoms with Gasteiger partial charge in [0.1, 0.15) is 0 Å². The van der Waals surface area contributed by atoms with Crippen LogP contribution in [0.5, 0.6) is 0 Å². The number of fused-ring (bicyclic) bond motifs is 1. The van der Waals surface area contributed by atoms with E-state index in [2.05, 4.69) is 32.8 Å². The molecule has 1 aromatic heterocycles. The molecule has 0 aliphatic carbocycles. The fraction of sp³-hybridized carbons (Fsp3) is 0.297. The highest BCUT2D eigenvalue weighted by atomic mass is 16.4. The van der Waals surface area contributed by atoms with E-state index in [1.807, 2.05) is 25.1 Å². The topological polar surface area (TPSA) is 179 Å². The van der Waals surface area contributed by atoms with Crippen molar-refractivity contribution in [2.24, 2.45) is 0 Å². The van der Waals surface area contributed by atoms with Crippen molar-refractivity contribution in [1.82, 2.24) is 25.4 Å². The Morgan fingerprint density at radius 2 is 1.57 bits per heavy atom. The third kappa shape index (κ3) is 9.56. The van der Waals surface area contributed by atoms with E-state index in [-0.39, 0.29) is 30.1 Å². The largest absolute Gasteiger partial charge is 0.488 e. The SMILES string of the molecule is C=C(NCCCCCCNC(=O)Nc1cccc2c(C(=O)C(=O)N3CCN(C(=O)c4ccccc4)C[C@H]3C)c[nH]c12)Nc1ccc(B(O)O)cc1. The van der Waals surface area contributed by atoms with Gasteiger partial charge in [-0.1, -0.05) is 61.9 Å². The summed E-state index contributed by atoms with van der Waals surface area (Å²) >= 11 is 0. The van der Waals surface area contributed by atoms with Crippen molar-refractivity contribution < 1.29 is 29.2 Å². The van der Waals surface area contributed by atoms with Crippen LogP contribution >= 0.6 is 0 Å². The lowest BCUT2D eigenvalue weighted by molar-refractivity contribution is -0.130. The fourth-order valence-corrected chi connectivity index (χ4v) is 6.07. The Balaban J connectivity index is 1.02. The number of rotatable bonds is 15. The second-order valence-corrected chi connectivity index (χ2v) is 12.5. The summed E-state index contributed by atoms with van der Waals surface area (Å²) in [6.07, 6.45) is 5.11.